The molecule has 0 bridgehead atoms. The second-order valence-corrected chi connectivity index (χ2v) is 3.28. The Bertz CT molecular complexity index is 194. The minimum absolute atomic E-state index is 0.139. The molecule has 0 aliphatic heterocycles. The lowest BCUT2D eigenvalue weighted by Crippen LogP contribution is -2.44. The molecule has 74 valence electrons. The summed E-state index contributed by atoms with van der Waals surface area (Å²) < 4.78 is 0. The van der Waals surface area contributed by atoms with Crippen molar-refractivity contribution in [2.24, 2.45) is 0 Å². The van der Waals surface area contributed by atoms with Crippen LogP contribution in [0.25, 0.3) is 0 Å². The van der Waals surface area contributed by atoms with Crippen molar-refractivity contribution in [3.05, 3.63) is 0 Å². The van der Waals surface area contributed by atoms with Gasteiger partial charge in [0.2, 0.25) is 0 Å². The third-order valence-electron chi connectivity index (χ3n) is 1.50. The smallest absolute Gasteiger partial charge is 0.315 e. The monoisotopic (exact) mass is 182 g/mol. The summed E-state index contributed by atoms with van der Waals surface area (Å²) in [4.78, 5) is 11.2. The van der Waals surface area contributed by atoms with Crippen molar-refractivity contribution in [2.75, 3.05) is 0 Å². The van der Waals surface area contributed by atoms with E-state index >= 15 is 0 Å². The number of hydrogen-bond donors (Lipinski definition) is 2. The Morgan fingerprint density at radius 1 is 1.46 bits per heavy atom. The summed E-state index contributed by atoms with van der Waals surface area (Å²) >= 11 is 0. The summed E-state index contributed by atoms with van der Waals surface area (Å²) in [6.07, 6.45) is 7.04. The van der Waals surface area contributed by atoms with Crippen molar-refractivity contribution >= 4 is 6.03 Å². The molecule has 0 radical (unpaired) electrons. The van der Waals surface area contributed by atoms with Gasteiger partial charge in [-0.15, -0.1) is 6.42 Å². The van der Waals surface area contributed by atoms with E-state index in [0.717, 1.165) is 12.8 Å². The van der Waals surface area contributed by atoms with E-state index in [-0.39, 0.29) is 18.1 Å². The summed E-state index contributed by atoms with van der Waals surface area (Å²) in [5.41, 5.74) is 0. The fraction of sp³-hybridized carbons (Fsp3) is 0.700. The summed E-state index contributed by atoms with van der Waals surface area (Å²) in [6, 6.07) is -0.199. The first kappa shape index (κ1) is 11.8. The van der Waals surface area contributed by atoms with Gasteiger partial charge in [0.25, 0.3) is 0 Å². The summed E-state index contributed by atoms with van der Waals surface area (Å²) in [5.74, 6) is 2.54. The molecule has 0 saturated heterocycles. The van der Waals surface area contributed by atoms with Gasteiger partial charge >= 0.3 is 6.03 Å². The van der Waals surface area contributed by atoms with Crippen LogP contribution in [0, 0.1) is 12.3 Å². The van der Waals surface area contributed by atoms with Crippen LogP contribution in [-0.2, 0) is 0 Å². The minimum atomic E-state index is -0.189. The number of hydrogen-bond acceptors (Lipinski definition) is 1. The van der Waals surface area contributed by atoms with Crippen molar-refractivity contribution in [3.8, 4) is 12.3 Å². The maximum Gasteiger partial charge on any atom is 0.315 e. The Morgan fingerprint density at radius 2 is 2.08 bits per heavy atom. The SMILES string of the molecule is C#CC(CCC)NC(=O)NC(C)C. The van der Waals surface area contributed by atoms with Crippen molar-refractivity contribution in [1.82, 2.24) is 10.6 Å². The van der Waals surface area contributed by atoms with E-state index in [0.29, 0.717) is 0 Å². The van der Waals surface area contributed by atoms with Crippen LogP contribution in [0.2, 0.25) is 0 Å². The molecule has 0 heterocycles. The predicted molar refractivity (Wildman–Crippen MR) is 54.3 cm³/mol. The van der Waals surface area contributed by atoms with Crippen molar-refractivity contribution < 1.29 is 4.79 Å². The highest BCUT2D eigenvalue weighted by Gasteiger charge is 2.08. The molecule has 0 rings (SSSR count). The van der Waals surface area contributed by atoms with Gasteiger partial charge < -0.3 is 10.6 Å². The Morgan fingerprint density at radius 3 is 2.46 bits per heavy atom. The maximum absolute atomic E-state index is 11.2. The Hall–Kier alpha value is -1.17. The fourth-order valence-corrected chi connectivity index (χ4v) is 0.948. The summed E-state index contributed by atoms with van der Waals surface area (Å²) in [5, 5.41) is 5.43. The first-order valence-corrected chi connectivity index (χ1v) is 4.63. The van der Waals surface area contributed by atoms with Crippen LogP contribution in [0.5, 0.6) is 0 Å². The highest BCUT2D eigenvalue weighted by atomic mass is 16.2. The molecule has 0 saturated carbocycles. The fourth-order valence-electron chi connectivity index (χ4n) is 0.948. The molecule has 2 amide bonds. The molecule has 13 heavy (non-hydrogen) atoms. The molecule has 0 fully saturated rings. The number of rotatable bonds is 4. The van der Waals surface area contributed by atoms with Crippen LogP contribution < -0.4 is 10.6 Å². The molecule has 0 aromatic rings. The van der Waals surface area contributed by atoms with Gasteiger partial charge in [-0.1, -0.05) is 19.3 Å². The highest BCUT2D eigenvalue weighted by molar-refractivity contribution is 5.74. The van der Waals surface area contributed by atoms with Gasteiger partial charge in [-0.05, 0) is 20.3 Å². The summed E-state index contributed by atoms with van der Waals surface area (Å²) in [6.45, 7) is 5.85. The molecule has 3 nitrogen and oxygen atoms in total. The molecule has 1 atom stereocenters. The van der Waals surface area contributed by atoms with E-state index in [9.17, 15) is 4.79 Å². The quantitative estimate of drug-likeness (QED) is 0.635. The van der Waals surface area contributed by atoms with Gasteiger partial charge in [-0.2, -0.15) is 0 Å². The molecule has 0 aliphatic rings. The van der Waals surface area contributed by atoms with Crippen LogP contribution in [0.4, 0.5) is 4.79 Å². The molecular weight excluding hydrogens is 164 g/mol. The molecule has 0 spiro atoms. The molecule has 0 aromatic heterocycles. The number of terminal acetylenes is 1. The molecule has 2 N–H and O–H groups in total. The van der Waals surface area contributed by atoms with Crippen LogP contribution in [0.15, 0.2) is 0 Å². The first-order valence-electron chi connectivity index (χ1n) is 4.63. The van der Waals surface area contributed by atoms with Gasteiger partial charge in [0.05, 0.1) is 6.04 Å². The first-order chi connectivity index (χ1) is 6.10. The molecule has 0 aliphatic carbocycles. The van der Waals surface area contributed by atoms with Gasteiger partial charge in [0.1, 0.15) is 0 Å². The lowest BCUT2D eigenvalue weighted by molar-refractivity contribution is 0.236. The third kappa shape index (κ3) is 6.03. The van der Waals surface area contributed by atoms with Gasteiger partial charge in [0, 0.05) is 6.04 Å². The number of urea groups is 1. The van der Waals surface area contributed by atoms with Crippen LogP contribution >= 0.6 is 0 Å². The van der Waals surface area contributed by atoms with Crippen molar-refractivity contribution in [3.63, 3.8) is 0 Å². The predicted octanol–water partition coefficient (Wildman–Crippen LogP) is 1.50. The average molecular weight is 182 g/mol. The second kappa shape index (κ2) is 6.36. The van der Waals surface area contributed by atoms with E-state index in [1.807, 2.05) is 20.8 Å². The zero-order valence-electron chi connectivity index (χ0n) is 8.55. The molecule has 0 aromatic carbocycles. The Labute approximate surface area is 80.3 Å². The van der Waals surface area contributed by atoms with Crippen LogP contribution in [0.1, 0.15) is 33.6 Å². The lowest BCUT2D eigenvalue weighted by atomic mass is 10.2. The van der Waals surface area contributed by atoms with E-state index < -0.39 is 0 Å². The van der Waals surface area contributed by atoms with Crippen LogP contribution in [0.3, 0.4) is 0 Å². The molecule has 1 unspecified atom stereocenters. The number of carbonyl (C=O) groups excluding carboxylic acids is 1. The van der Waals surface area contributed by atoms with E-state index in [1.165, 1.54) is 0 Å². The van der Waals surface area contributed by atoms with E-state index in [1.54, 1.807) is 0 Å². The standard InChI is InChI=1S/C10H18N2O/c1-5-7-9(6-2)12-10(13)11-8(3)4/h2,8-9H,5,7H2,1,3-4H3,(H2,11,12,13). The topological polar surface area (TPSA) is 41.1 Å². The Balaban J connectivity index is 3.81. The molecular formula is C10H18N2O. The highest BCUT2D eigenvalue weighted by Crippen LogP contribution is 1.94. The van der Waals surface area contributed by atoms with Gasteiger partial charge in [0.15, 0.2) is 0 Å². The van der Waals surface area contributed by atoms with Gasteiger partial charge in [-0.3, -0.25) is 0 Å². The van der Waals surface area contributed by atoms with Crippen LogP contribution in [-0.4, -0.2) is 18.1 Å². The lowest BCUT2D eigenvalue weighted by Gasteiger charge is -2.14. The zero-order chi connectivity index (χ0) is 10.3. The third-order valence-corrected chi connectivity index (χ3v) is 1.50. The maximum atomic E-state index is 11.2. The van der Waals surface area contributed by atoms with E-state index in [4.69, 9.17) is 6.42 Å². The number of nitrogens with one attached hydrogen (secondary N) is 2. The number of amides is 2. The Kier molecular flexibility index (Phi) is 5.79. The minimum Gasteiger partial charge on any atom is -0.336 e. The normalized spacial score (nSPS) is 11.9. The molecule has 3 heteroatoms. The van der Waals surface area contributed by atoms with Gasteiger partial charge in [-0.25, -0.2) is 4.79 Å². The largest absolute Gasteiger partial charge is 0.336 e. The number of carbonyl (C=O) groups is 1. The average Bonchev–Trinajstić information content (AvgIpc) is 2.02. The zero-order valence-corrected chi connectivity index (χ0v) is 8.55. The summed E-state index contributed by atoms with van der Waals surface area (Å²) in [7, 11) is 0. The van der Waals surface area contributed by atoms with Crippen molar-refractivity contribution in [2.45, 2.75) is 45.7 Å². The van der Waals surface area contributed by atoms with E-state index in [2.05, 4.69) is 16.6 Å². The second-order valence-electron chi connectivity index (χ2n) is 3.28. The van der Waals surface area contributed by atoms with Crippen molar-refractivity contribution in [1.29, 1.82) is 0 Å².